The van der Waals surface area contributed by atoms with Crippen molar-refractivity contribution in [2.45, 2.75) is 38.8 Å². The molecule has 0 radical (unpaired) electrons. The average molecular weight is 286 g/mol. The van der Waals surface area contributed by atoms with E-state index in [2.05, 4.69) is 10.1 Å². The van der Waals surface area contributed by atoms with E-state index in [1.54, 1.807) is 20.8 Å². The number of carbonyl (C=O) groups is 3. The molecule has 3 N–H and O–H groups in total. The second-order valence-corrected chi connectivity index (χ2v) is 5.11. The first-order valence-corrected chi connectivity index (χ1v) is 6.14. The SMILES string of the molecule is COC(=O)CNC(=O)/C=C/C(N)CC(=O)OC(C)(C)C. The Balaban J connectivity index is 4.09. The Morgan fingerprint density at radius 2 is 1.85 bits per heavy atom. The fraction of sp³-hybridized carbons (Fsp3) is 0.615. The molecule has 0 aromatic rings. The van der Waals surface area contributed by atoms with Crippen molar-refractivity contribution in [1.82, 2.24) is 5.32 Å². The second kappa shape index (κ2) is 8.31. The van der Waals surface area contributed by atoms with Crippen molar-refractivity contribution in [3.05, 3.63) is 12.2 Å². The molecule has 1 unspecified atom stereocenters. The molecule has 7 heteroatoms. The van der Waals surface area contributed by atoms with Gasteiger partial charge in [0.25, 0.3) is 0 Å². The van der Waals surface area contributed by atoms with Gasteiger partial charge in [0.1, 0.15) is 12.1 Å². The number of methoxy groups -OCH3 is 1. The molecule has 1 atom stereocenters. The lowest BCUT2D eigenvalue weighted by Crippen LogP contribution is -2.30. The Kier molecular flexibility index (Phi) is 7.53. The molecule has 0 fully saturated rings. The Morgan fingerprint density at radius 3 is 2.35 bits per heavy atom. The predicted molar refractivity (Wildman–Crippen MR) is 72.6 cm³/mol. The Hall–Kier alpha value is -1.89. The van der Waals surface area contributed by atoms with Gasteiger partial charge < -0.3 is 20.5 Å². The summed E-state index contributed by atoms with van der Waals surface area (Å²) < 4.78 is 9.46. The van der Waals surface area contributed by atoms with E-state index in [1.807, 2.05) is 0 Å². The van der Waals surface area contributed by atoms with Crippen LogP contribution in [0.15, 0.2) is 12.2 Å². The minimum atomic E-state index is -0.631. The first kappa shape index (κ1) is 18.1. The molecule has 0 saturated carbocycles. The zero-order valence-electron chi connectivity index (χ0n) is 12.3. The van der Waals surface area contributed by atoms with Crippen molar-refractivity contribution < 1.29 is 23.9 Å². The zero-order valence-corrected chi connectivity index (χ0v) is 12.3. The largest absolute Gasteiger partial charge is 0.468 e. The fourth-order valence-corrected chi connectivity index (χ4v) is 1.15. The maximum absolute atomic E-state index is 11.5. The molecule has 0 aliphatic carbocycles. The Morgan fingerprint density at radius 1 is 1.25 bits per heavy atom. The third-order valence-electron chi connectivity index (χ3n) is 1.95. The van der Waals surface area contributed by atoms with Crippen LogP contribution in [-0.2, 0) is 23.9 Å². The third-order valence-corrected chi connectivity index (χ3v) is 1.95. The van der Waals surface area contributed by atoms with Gasteiger partial charge in [0.15, 0.2) is 0 Å². The first-order valence-electron chi connectivity index (χ1n) is 6.14. The highest BCUT2D eigenvalue weighted by atomic mass is 16.6. The van der Waals surface area contributed by atoms with Crippen LogP contribution in [0.4, 0.5) is 0 Å². The number of esters is 2. The minimum Gasteiger partial charge on any atom is -0.468 e. The van der Waals surface area contributed by atoms with Gasteiger partial charge >= 0.3 is 11.9 Å². The summed E-state index contributed by atoms with van der Waals surface area (Å²) in [5, 5.41) is 2.31. The van der Waals surface area contributed by atoms with Gasteiger partial charge in [-0.05, 0) is 20.8 Å². The van der Waals surface area contributed by atoms with Crippen molar-refractivity contribution in [3.63, 3.8) is 0 Å². The van der Waals surface area contributed by atoms with Crippen LogP contribution < -0.4 is 11.1 Å². The normalized spacial score (nSPS) is 12.8. The van der Waals surface area contributed by atoms with Crippen LogP contribution in [0.2, 0.25) is 0 Å². The zero-order chi connectivity index (χ0) is 15.8. The molecule has 7 nitrogen and oxygen atoms in total. The van der Waals surface area contributed by atoms with Crippen LogP contribution in [0.1, 0.15) is 27.2 Å². The number of nitrogens with two attached hydrogens (primary N) is 1. The van der Waals surface area contributed by atoms with E-state index in [0.717, 1.165) is 6.08 Å². The lowest BCUT2D eigenvalue weighted by molar-refractivity contribution is -0.155. The van der Waals surface area contributed by atoms with Crippen LogP contribution in [0.25, 0.3) is 0 Å². The summed E-state index contributed by atoms with van der Waals surface area (Å²) in [6, 6.07) is -0.631. The van der Waals surface area contributed by atoms with Gasteiger partial charge in [-0.15, -0.1) is 0 Å². The smallest absolute Gasteiger partial charge is 0.325 e. The van der Waals surface area contributed by atoms with E-state index < -0.39 is 29.5 Å². The van der Waals surface area contributed by atoms with Crippen molar-refractivity contribution in [1.29, 1.82) is 0 Å². The molecule has 1 amide bonds. The van der Waals surface area contributed by atoms with Gasteiger partial charge in [0, 0.05) is 12.1 Å². The van der Waals surface area contributed by atoms with Gasteiger partial charge in [-0.1, -0.05) is 6.08 Å². The van der Waals surface area contributed by atoms with Crippen molar-refractivity contribution in [3.8, 4) is 0 Å². The van der Waals surface area contributed by atoms with E-state index in [9.17, 15) is 14.4 Å². The molecule has 0 aromatic carbocycles. The van der Waals surface area contributed by atoms with Crippen LogP contribution in [-0.4, -0.2) is 43.1 Å². The maximum Gasteiger partial charge on any atom is 0.325 e. The summed E-state index contributed by atoms with van der Waals surface area (Å²) in [5.74, 6) is -1.48. The topological polar surface area (TPSA) is 108 Å². The van der Waals surface area contributed by atoms with Crippen LogP contribution in [0.3, 0.4) is 0 Å². The number of amides is 1. The molecular formula is C13H22N2O5. The molecule has 0 heterocycles. The number of hydrogen-bond donors (Lipinski definition) is 2. The minimum absolute atomic E-state index is 0.0297. The van der Waals surface area contributed by atoms with Gasteiger partial charge in [-0.2, -0.15) is 0 Å². The average Bonchev–Trinajstić information content (AvgIpc) is 2.30. The Labute approximate surface area is 118 Å². The van der Waals surface area contributed by atoms with E-state index in [0.29, 0.717) is 0 Å². The monoisotopic (exact) mass is 286 g/mol. The summed E-state index contributed by atoms with van der Waals surface area (Å²) in [6.07, 6.45) is 2.51. The van der Waals surface area contributed by atoms with E-state index >= 15 is 0 Å². The van der Waals surface area contributed by atoms with E-state index in [1.165, 1.54) is 13.2 Å². The predicted octanol–water partition coefficient (Wildman–Crippen LogP) is -0.109. The summed E-state index contributed by atoms with van der Waals surface area (Å²) in [7, 11) is 1.22. The third kappa shape index (κ3) is 10.1. The highest BCUT2D eigenvalue weighted by Crippen LogP contribution is 2.09. The van der Waals surface area contributed by atoms with Gasteiger partial charge in [-0.3, -0.25) is 14.4 Å². The quantitative estimate of drug-likeness (QED) is 0.521. The number of rotatable bonds is 6. The molecule has 0 saturated heterocycles. The number of carbonyl (C=O) groups excluding carboxylic acids is 3. The molecule has 0 bridgehead atoms. The van der Waals surface area contributed by atoms with Crippen molar-refractivity contribution in [2.24, 2.45) is 5.73 Å². The standard InChI is InChI=1S/C13H22N2O5/c1-13(2,3)20-11(17)7-9(14)5-6-10(16)15-8-12(18)19-4/h5-6,9H,7-8,14H2,1-4H3,(H,15,16)/b6-5+. The molecule has 0 aliphatic heterocycles. The van der Waals surface area contributed by atoms with Gasteiger partial charge in [0.2, 0.25) is 5.91 Å². The number of hydrogen-bond acceptors (Lipinski definition) is 6. The van der Waals surface area contributed by atoms with Crippen molar-refractivity contribution >= 4 is 17.8 Å². The molecule has 114 valence electrons. The molecular weight excluding hydrogens is 264 g/mol. The molecule has 0 aliphatic rings. The highest BCUT2D eigenvalue weighted by molar-refractivity contribution is 5.90. The second-order valence-electron chi connectivity index (χ2n) is 5.11. The summed E-state index contributed by atoms with van der Waals surface area (Å²) >= 11 is 0. The van der Waals surface area contributed by atoms with Gasteiger partial charge in [-0.25, -0.2) is 0 Å². The van der Waals surface area contributed by atoms with Gasteiger partial charge in [0.05, 0.1) is 13.5 Å². The molecule has 0 aromatic heterocycles. The molecule has 0 rings (SSSR count). The maximum atomic E-state index is 11.5. The summed E-state index contributed by atoms with van der Waals surface area (Å²) in [4.78, 5) is 33.6. The summed E-state index contributed by atoms with van der Waals surface area (Å²) in [6.45, 7) is 5.05. The molecule has 0 spiro atoms. The van der Waals surface area contributed by atoms with Crippen molar-refractivity contribution in [2.75, 3.05) is 13.7 Å². The Bertz CT molecular complexity index is 385. The number of ether oxygens (including phenoxy) is 2. The first-order chi connectivity index (χ1) is 9.14. The number of nitrogens with one attached hydrogen (secondary N) is 1. The summed E-state index contributed by atoms with van der Waals surface area (Å²) in [5.41, 5.74) is 5.09. The highest BCUT2D eigenvalue weighted by Gasteiger charge is 2.17. The lowest BCUT2D eigenvalue weighted by atomic mass is 10.1. The van der Waals surface area contributed by atoms with Crippen LogP contribution in [0, 0.1) is 0 Å². The van der Waals surface area contributed by atoms with Crippen LogP contribution >= 0.6 is 0 Å². The molecule has 20 heavy (non-hydrogen) atoms. The fourth-order valence-electron chi connectivity index (χ4n) is 1.15. The van der Waals surface area contributed by atoms with E-state index in [4.69, 9.17) is 10.5 Å². The van der Waals surface area contributed by atoms with Crippen LogP contribution in [0.5, 0.6) is 0 Å². The lowest BCUT2D eigenvalue weighted by Gasteiger charge is -2.20. The van der Waals surface area contributed by atoms with E-state index in [-0.39, 0.29) is 13.0 Å².